The van der Waals surface area contributed by atoms with Crippen molar-refractivity contribution in [2.45, 2.75) is 50.7 Å². The molecule has 1 aromatic rings. The maximum absolute atomic E-state index is 13.1. The van der Waals surface area contributed by atoms with Crippen molar-refractivity contribution >= 4 is 5.91 Å². The summed E-state index contributed by atoms with van der Waals surface area (Å²) >= 11 is 0. The molecule has 0 unspecified atom stereocenters. The van der Waals surface area contributed by atoms with E-state index in [4.69, 9.17) is 0 Å². The van der Waals surface area contributed by atoms with Crippen LogP contribution in [0.5, 0.6) is 0 Å². The second-order valence-corrected chi connectivity index (χ2v) is 8.73. The molecule has 1 amide bonds. The van der Waals surface area contributed by atoms with Gasteiger partial charge < -0.3 is 14.6 Å². The Kier molecular flexibility index (Phi) is 5.12. The van der Waals surface area contributed by atoms with Crippen LogP contribution in [0, 0.1) is 17.8 Å². The van der Waals surface area contributed by atoms with E-state index >= 15 is 0 Å². The van der Waals surface area contributed by atoms with Gasteiger partial charge in [0.2, 0.25) is 5.91 Å². The second-order valence-electron chi connectivity index (χ2n) is 8.73. The highest BCUT2D eigenvalue weighted by Crippen LogP contribution is 2.50. The van der Waals surface area contributed by atoms with Crippen LogP contribution in [0.1, 0.15) is 43.8 Å². The lowest BCUT2D eigenvalue weighted by atomic mass is 9.88. The Hall–Kier alpha value is -1.66. The van der Waals surface area contributed by atoms with E-state index in [0.717, 1.165) is 12.2 Å². The van der Waals surface area contributed by atoms with Crippen LogP contribution in [0.25, 0.3) is 0 Å². The van der Waals surface area contributed by atoms with Gasteiger partial charge >= 0.3 is 0 Å². The molecule has 1 saturated heterocycles. The van der Waals surface area contributed by atoms with Gasteiger partial charge in [-0.1, -0.05) is 25.3 Å². The summed E-state index contributed by atoms with van der Waals surface area (Å²) in [5.74, 6) is 0.651. The Bertz CT molecular complexity index is 753. The fourth-order valence-electron chi connectivity index (χ4n) is 5.68. The number of hydrogen-bond acceptors (Lipinski definition) is 4. The Morgan fingerprint density at radius 2 is 1.96 bits per heavy atom. The van der Waals surface area contributed by atoms with Crippen LogP contribution >= 0.6 is 0 Å². The Balaban J connectivity index is 1.73. The Morgan fingerprint density at radius 1 is 1.22 bits per heavy atom. The average molecular weight is 373 g/mol. The smallest absolute Gasteiger partial charge is 0.250 e. The molecule has 3 heterocycles. The largest absolute Gasteiger partial charge is 0.396 e. The first kappa shape index (κ1) is 18.7. The summed E-state index contributed by atoms with van der Waals surface area (Å²) in [7, 11) is 3.59. The molecule has 3 aliphatic rings. The van der Waals surface area contributed by atoms with Gasteiger partial charge in [0.15, 0.2) is 0 Å². The molecule has 0 bridgehead atoms. The lowest BCUT2D eigenvalue weighted by Gasteiger charge is -2.35. The van der Waals surface area contributed by atoms with Crippen molar-refractivity contribution < 1.29 is 9.90 Å². The molecule has 27 heavy (non-hydrogen) atoms. The summed E-state index contributed by atoms with van der Waals surface area (Å²) in [4.78, 5) is 29.4. The van der Waals surface area contributed by atoms with Gasteiger partial charge in [-0.15, -0.1) is 0 Å². The topological polar surface area (TPSA) is 65.8 Å². The van der Waals surface area contributed by atoms with Crippen LogP contribution < -0.4 is 5.56 Å². The van der Waals surface area contributed by atoms with E-state index < -0.39 is 0 Å². The molecule has 148 valence electrons. The summed E-state index contributed by atoms with van der Waals surface area (Å²) in [6, 6.07) is 5.20. The number of likely N-dealkylation sites (N-methyl/N-ethyl adjacent to an activating group) is 1. The van der Waals surface area contributed by atoms with Crippen molar-refractivity contribution in [2.75, 3.05) is 27.2 Å². The molecule has 1 aromatic heterocycles. The number of likely N-dealkylation sites (tertiary alicyclic amines) is 1. The van der Waals surface area contributed by atoms with Gasteiger partial charge in [-0.3, -0.25) is 14.5 Å². The summed E-state index contributed by atoms with van der Waals surface area (Å²) in [5.41, 5.74) is 1.03. The fourth-order valence-corrected chi connectivity index (χ4v) is 5.68. The molecule has 4 atom stereocenters. The van der Waals surface area contributed by atoms with E-state index in [1.165, 1.54) is 32.1 Å². The maximum atomic E-state index is 13.1. The molecule has 6 heteroatoms. The van der Waals surface area contributed by atoms with Gasteiger partial charge in [-0.2, -0.15) is 0 Å². The fraction of sp³-hybridized carbons (Fsp3) is 0.714. The van der Waals surface area contributed by atoms with Gasteiger partial charge in [-0.05, 0) is 24.8 Å². The first-order chi connectivity index (χ1) is 13.0. The monoisotopic (exact) mass is 373 g/mol. The number of carbonyl (C=O) groups excluding carboxylic acids is 1. The molecule has 1 aliphatic carbocycles. The standard InChI is InChI=1S/C21H31N3O3/c1-22(2)21(27)20-16(13-25)15-12-23-17(9-6-10-18(23)26)19(15)24(20)11-14-7-4-3-5-8-14/h6,9-10,14-16,19-20,25H,3-5,7-8,11-13H2,1-2H3/t15-,16-,19+,20-/m0/s1. The molecule has 0 spiro atoms. The highest BCUT2D eigenvalue weighted by Gasteiger charge is 2.55. The first-order valence-electron chi connectivity index (χ1n) is 10.3. The summed E-state index contributed by atoms with van der Waals surface area (Å²) in [6.45, 7) is 1.46. The van der Waals surface area contributed by atoms with Crippen LogP contribution in [0.15, 0.2) is 23.0 Å². The van der Waals surface area contributed by atoms with E-state index in [1.807, 2.05) is 16.7 Å². The van der Waals surface area contributed by atoms with Crippen LogP contribution in [0.3, 0.4) is 0 Å². The Morgan fingerprint density at radius 3 is 2.63 bits per heavy atom. The lowest BCUT2D eigenvalue weighted by Crippen LogP contribution is -2.49. The Labute approximate surface area is 160 Å². The number of aromatic nitrogens is 1. The third-order valence-corrected chi connectivity index (χ3v) is 6.95. The molecular formula is C21H31N3O3. The summed E-state index contributed by atoms with van der Waals surface area (Å²) < 4.78 is 1.85. The molecule has 1 N–H and O–H groups in total. The number of aliphatic hydroxyl groups excluding tert-OH is 1. The quantitative estimate of drug-likeness (QED) is 0.868. The zero-order valence-corrected chi connectivity index (χ0v) is 16.4. The predicted molar refractivity (Wildman–Crippen MR) is 103 cm³/mol. The highest BCUT2D eigenvalue weighted by molar-refractivity contribution is 5.82. The lowest BCUT2D eigenvalue weighted by molar-refractivity contribution is -0.136. The van der Waals surface area contributed by atoms with Crippen LogP contribution in [0.2, 0.25) is 0 Å². The first-order valence-corrected chi connectivity index (χ1v) is 10.3. The van der Waals surface area contributed by atoms with Gasteiger partial charge in [0.1, 0.15) is 0 Å². The number of carbonyl (C=O) groups is 1. The normalized spacial score (nSPS) is 30.9. The molecule has 1 saturated carbocycles. The van der Waals surface area contributed by atoms with Crippen LogP contribution in [-0.2, 0) is 11.3 Å². The number of amides is 1. The van der Waals surface area contributed by atoms with Crippen molar-refractivity contribution in [2.24, 2.45) is 17.8 Å². The third-order valence-electron chi connectivity index (χ3n) is 6.95. The summed E-state index contributed by atoms with van der Waals surface area (Å²) in [5, 5.41) is 10.2. The number of aliphatic hydroxyl groups is 1. The predicted octanol–water partition coefficient (Wildman–Crippen LogP) is 1.48. The van der Waals surface area contributed by atoms with E-state index in [1.54, 1.807) is 25.1 Å². The number of hydrogen-bond donors (Lipinski definition) is 1. The second kappa shape index (κ2) is 7.40. The van der Waals surface area contributed by atoms with Gasteiger partial charge in [-0.25, -0.2) is 0 Å². The minimum Gasteiger partial charge on any atom is -0.396 e. The SMILES string of the molecule is CN(C)C(=O)[C@@H]1[C@@H](CO)[C@@H]2Cn3c(cccc3=O)[C@@H]2N1CC1CCCCC1. The van der Waals surface area contributed by atoms with Crippen molar-refractivity contribution in [3.63, 3.8) is 0 Å². The molecular weight excluding hydrogens is 342 g/mol. The van der Waals surface area contributed by atoms with Gasteiger partial charge in [0.25, 0.3) is 5.56 Å². The zero-order chi connectivity index (χ0) is 19.1. The number of fused-ring (bicyclic) bond motifs is 3. The maximum Gasteiger partial charge on any atom is 0.250 e. The zero-order valence-electron chi connectivity index (χ0n) is 16.4. The van der Waals surface area contributed by atoms with E-state index in [0.29, 0.717) is 12.5 Å². The van der Waals surface area contributed by atoms with Crippen molar-refractivity contribution in [3.8, 4) is 0 Å². The molecule has 6 nitrogen and oxygen atoms in total. The molecule has 4 rings (SSSR count). The van der Waals surface area contributed by atoms with Crippen LogP contribution in [0.4, 0.5) is 0 Å². The minimum absolute atomic E-state index is 0.0185. The summed E-state index contributed by atoms with van der Waals surface area (Å²) in [6.07, 6.45) is 6.25. The number of nitrogens with zero attached hydrogens (tertiary/aromatic N) is 3. The number of pyridine rings is 1. The molecule has 0 aromatic carbocycles. The molecule has 2 aliphatic heterocycles. The van der Waals surface area contributed by atoms with Gasteiger partial charge in [0.05, 0.1) is 12.1 Å². The average Bonchev–Trinajstić information content (AvgIpc) is 3.18. The van der Waals surface area contributed by atoms with Crippen molar-refractivity contribution in [1.29, 1.82) is 0 Å². The van der Waals surface area contributed by atoms with Gasteiger partial charge in [0, 0.05) is 57.4 Å². The van der Waals surface area contributed by atoms with E-state index in [2.05, 4.69) is 4.90 Å². The van der Waals surface area contributed by atoms with E-state index in [9.17, 15) is 14.7 Å². The molecule has 2 fully saturated rings. The van der Waals surface area contributed by atoms with Crippen molar-refractivity contribution in [1.82, 2.24) is 14.4 Å². The van der Waals surface area contributed by atoms with E-state index in [-0.39, 0.29) is 42.0 Å². The third kappa shape index (κ3) is 3.13. The minimum atomic E-state index is -0.300. The van der Waals surface area contributed by atoms with Crippen molar-refractivity contribution in [3.05, 3.63) is 34.2 Å². The number of rotatable bonds is 4. The van der Waals surface area contributed by atoms with Crippen LogP contribution in [-0.4, -0.2) is 58.7 Å². The highest BCUT2D eigenvalue weighted by atomic mass is 16.3. The molecule has 0 radical (unpaired) electrons.